The molecule has 1 aliphatic heterocycles. The standard InChI is InChI=1S/C21H22INO5/c1-13(14-4-6-15(7-5-14)21(25)26)23-20(24)18-11-16(22)8-9-19(18)28-12-17-3-2-10-27-17/h4-9,11,13,17H,2-3,10,12H2,1H3,(H,23,24)(H,25,26)/t13-,17?/m0/s1. The van der Waals surface area contributed by atoms with Crippen LogP contribution in [0, 0.1) is 3.57 Å². The SMILES string of the molecule is C[C@H](NC(=O)c1cc(I)ccc1OCC1CCCO1)c1ccc(C(=O)O)cc1. The van der Waals surface area contributed by atoms with Gasteiger partial charge >= 0.3 is 5.97 Å². The monoisotopic (exact) mass is 495 g/mol. The molecule has 3 rings (SSSR count). The highest BCUT2D eigenvalue weighted by Crippen LogP contribution is 2.24. The molecule has 1 fully saturated rings. The van der Waals surface area contributed by atoms with Crippen molar-refractivity contribution in [3.63, 3.8) is 0 Å². The number of hydrogen-bond acceptors (Lipinski definition) is 4. The summed E-state index contributed by atoms with van der Waals surface area (Å²) in [5.74, 6) is -0.687. The summed E-state index contributed by atoms with van der Waals surface area (Å²) in [6, 6.07) is 11.7. The van der Waals surface area contributed by atoms with E-state index in [2.05, 4.69) is 27.9 Å². The van der Waals surface area contributed by atoms with Gasteiger partial charge in [-0.25, -0.2) is 4.79 Å². The van der Waals surface area contributed by atoms with Crippen LogP contribution in [0.25, 0.3) is 0 Å². The molecule has 1 saturated heterocycles. The summed E-state index contributed by atoms with van der Waals surface area (Å²) in [4.78, 5) is 23.8. The molecule has 7 heteroatoms. The zero-order valence-corrected chi connectivity index (χ0v) is 17.6. The molecule has 0 spiro atoms. The second-order valence-electron chi connectivity index (χ2n) is 6.71. The van der Waals surface area contributed by atoms with Crippen LogP contribution in [0.15, 0.2) is 42.5 Å². The molecule has 148 valence electrons. The van der Waals surface area contributed by atoms with Crippen molar-refractivity contribution in [2.45, 2.75) is 31.9 Å². The summed E-state index contributed by atoms with van der Waals surface area (Å²) in [5, 5.41) is 12.0. The Morgan fingerprint density at radius 1 is 1.29 bits per heavy atom. The molecule has 2 aromatic rings. The average Bonchev–Trinajstić information content (AvgIpc) is 3.20. The smallest absolute Gasteiger partial charge is 0.335 e. The first-order valence-electron chi connectivity index (χ1n) is 9.12. The zero-order valence-electron chi connectivity index (χ0n) is 15.5. The van der Waals surface area contributed by atoms with Gasteiger partial charge in [0.05, 0.1) is 23.3 Å². The molecular weight excluding hydrogens is 473 g/mol. The van der Waals surface area contributed by atoms with Crippen molar-refractivity contribution in [3.05, 3.63) is 62.7 Å². The number of carboxylic acid groups (broad SMARTS) is 1. The molecule has 0 aromatic heterocycles. The maximum Gasteiger partial charge on any atom is 0.335 e. The van der Waals surface area contributed by atoms with Crippen molar-refractivity contribution in [2.24, 2.45) is 0 Å². The van der Waals surface area contributed by atoms with Crippen molar-refractivity contribution in [1.82, 2.24) is 5.32 Å². The van der Waals surface area contributed by atoms with Gasteiger partial charge in [-0.2, -0.15) is 0 Å². The molecule has 6 nitrogen and oxygen atoms in total. The second-order valence-corrected chi connectivity index (χ2v) is 7.95. The Hall–Kier alpha value is -2.13. The highest BCUT2D eigenvalue weighted by atomic mass is 127. The number of nitrogens with one attached hydrogen (secondary N) is 1. The molecule has 2 atom stereocenters. The average molecular weight is 495 g/mol. The zero-order chi connectivity index (χ0) is 20.1. The van der Waals surface area contributed by atoms with E-state index in [-0.39, 0.29) is 23.6 Å². The number of carboxylic acids is 1. The van der Waals surface area contributed by atoms with Gasteiger partial charge in [-0.3, -0.25) is 4.79 Å². The molecule has 28 heavy (non-hydrogen) atoms. The number of halogens is 1. The Morgan fingerprint density at radius 2 is 2.04 bits per heavy atom. The van der Waals surface area contributed by atoms with Crippen LogP contribution < -0.4 is 10.1 Å². The lowest BCUT2D eigenvalue weighted by Crippen LogP contribution is -2.27. The Bertz CT molecular complexity index is 846. The van der Waals surface area contributed by atoms with Gasteiger partial charge in [0.2, 0.25) is 0 Å². The van der Waals surface area contributed by atoms with Gasteiger partial charge in [-0.15, -0.1) is 0 Å². The normalized spacial score (nSPS) is 17.1. The van der Waals surface area contributed by atoms with E-state index in [9.17, 15) is 9.59 Å². The fraction of sp³-hybridized carbons (Fsp3) is 0.333. The fourth-order valence-electron chi connectivity index (χ4n) is 3.04. The minimum absolute atomic E-state index is 0.0712. The highest BCUT2D eigenvalue weighted by Gasteiger charge is 2.20. The molecule has 1 heterocycles. The van der Waals surface area contributed by atoms with Crippen LogP contribution in [0.5, 0.6) is 5.75 Å². The molecule has 1 aliphatic rings. The molecule has 0 bridgehead atoms. The number of aromatic carboxylic acids is 1. The van der Waals surface area contributed by atoms with E-state index in [1.54, 1.807) is 24.3 Å². The van der Waals surface area contributed by atoms with Gasteiger partial charge in [0, 0.05) is 10.2 Å². The summed E-state index contributed by atoms with van der Waals surface area (Å²) in [5.41, 5.74) is 1.51. The van der Waals surface area contributed by atoms with Crippen LogP contribution in [-0.4, -0.2) is 36.3 Å². The molecule has 1 unspecified atom stereocenters. The maximum atomic E-state index is 12.9. The number of amides is 1. The fourth-order valence-corrected chi connectivity index (χ4v) is 3.53. The summed E-state index contributed by atoms with van der Waals surface area (Å²) in [7, 11) is 0. The number of ether oxygens (including phenoxy) is 2. The molecule has 0 saturated carbocycles. The van der Waals surface area contributed by atoms with E-state index in [1.807, 2.05) is 13.0 Å². The largest absolute Gasteiger partial charge is 0.490 e. The first-order valence-corrected chi connectivity index (χ1v) is 10.2. The second kappa shape index (κ2) is 9.38. The van der Waals surface area contributed by atoms with Crippen LogP contribution in [0.3, 0.4) is 0 Å². The van der Waals surface area contributed by atoms with E-state index in [1.165, 1.54) is 12.1 Å². The number of rotatable bonds is 7. The topological polar surface area (TPSA) is 84.9 Å². The maximum absolute atomic E-state index is 12.9. The van der Waals surface area contributed by atoms with Crippen LogP contribution in [0.2, 0.25) is 0 Å². The van der Waals surface area contributed by atoms with Gasteiger partial charge in [0.1, 0.15) is 12.4 Å². The van der Waals surface area contributed by atoms with Gasteiger partial charge in [0.15, 0.2) is 0 Å². The van der Waals surface area contributed by atoms with Crippen molar-refractivity contribution in [2.75, 3.05) is 13.2 Å². The van der Waals surface area contributed by atoms with Crippen molar-refractivity contribution in [1.29, 1.82) is 0 Å². The number of hydrogen-bond donors (Lipinski definition) is 2. The lowest BCUT2D eigenvalue weighted by Gasteiger charge is -2.18. The molecule has 0 radical (unpaired) electrons. The first-order chi connectivity index (χ1) is 13.4. The quantitative estimate of drug-likeness (QED) is 0.567. The first kappa shape index (κ1) is 20.6. The predicted molar refractivity (Wildman–Crippen MR) is 113 cm³/mol. The Labute approximate surface area is 177 Å². The Balaban J connectivity index is 1.69. The third kappa shape index (κ3) is 5.23. The Morgan fingerprint density at radius 3 is 2.68 bits per heavy atom. The van der Waals surface area contributed by atoms with Crippen molar-refractivity contribution in [3.8, 4) is 5.75 Å². The number of carbonyl (C=O) groups is 2. The van der Waals surface area contributed by atoms with E-state index in [0.29, 0.717) is 17.9 Å². The van der Waals surface area contributed by atoms with Crippen LogP contribution in [0.4, 0.5) is 0 Å². The van der Waals surface area contributed by atoms with Gasteiger partial charge < -0.3 is 19.9 Å². The predicted octanol–water partition coefficient (Wildman–Crippen LogP) is 4.04. The number of carbonyl (C=O) groups excluding carboxylic acids is 1. The van der Waals surface area contributed by atoms with E-state index in [4.69, 9.17) is 14.6 Å². The summed E-state index contributed by atoms with van der Waals surface area (Å²) in [6.07, 6.45) is 2.07. The van der Waals surface area contributed by atoms with Crippen LogP contribution in [-0.2, 0) is 4.74 Å². The highest BCUT2D eigenvalue weighted by molar-refractivity contribution is 14.1. The van der Waals surface area contributed by atoms with Crippen LogP contribution in [0.1, 0.15) is 52.1 Å². The number of benzene rings is 2. The molecule has 2 aromatic carbocycles. The Kier molecular flexibility index (Phi) is 6.90. The third-order valence-electron chi connectivity index (χ3n) is 4.64. The minimum Gasteiger partial charge on any atom is -0.490 e. The summed E-state index contributed by atoms with van der Waals surface area (Å²) >= 11 is 2.16. The van der Waals surface area contributed by atoms with Gasteiger partial charge in [0.25, 0.3) is 5.91 Å². The minimum atomic E-state index is -0.977. The molecular formula is C21H22INO5. The summed E-state index contributed by atoms with van der Waals surface area (Å²) < 4.78 is 12.4. The van der Waals surface area contributed by atoms with Crippen molar-refractivity contribution < 1.29 is 24.2 Å². The van der Waals surface area contributed by atoms with Crippen LogP contribution >= 0.6 is 22.6 Å². The third-order valence-corrected chi connectivity index (χ3v) is 5.31. The summed E-state index contributed by atoms with van der Waals surface area (Å²) in [6.45, 7) is 3.04. The van der Waals surface area contributed by atoms with Crippen molar-refractivity contribution >= 4 is 34.5 Å². The van der Waals surface area contributed by atoms with Gasteiger partial charge in [-0.05, 0) is 78.3 Å². The molecule has 1 amide bonds. The van der Waals surface area contributed by atoms with E-state index < -0.39 is 5.97 Å². The molecule has 2 N–H and O–H groups in total. The lowest BCUT2D eigenvalue weighted by molar-refractivity contribution is 0.0670. The van der Waals surface area contributed by atoms with Gasteiger partial charge in [-0.1, -0.05) is 12.1 Å². The van der Waals surface area contributed by atoms with E-state index in [0.717, 1.165) is 28.6 Å². The molecule has 0 aliphatic carbocycles. The van der Waals surface area contributed by atoms with E-state index >= 15 is 0 Å². The lowest BCUT2D eigenvalue weighted by atomic mass is 10.1.